The molecule has 0 aromatic rings. The number of likely N-dealkylation sites (tertiary alicyclic amines) is 1. The molecule has 1 N–H and O–H groups in total. The van der Waals surface area contributed by atoms with Crippen LogP contribution < -0.4 is 0 Å². The van der Waals surface area contributed by atoms with E-state index in [-0.39, 0.29) is 6.29 Å². The van der Waals surface area contributed by atoms with Crippen molar-refractivity contribution in [3.63, 3.8) is 0 Å². The first-order chi connectivity index (χ1) is 6.96. The Morgan fingerprint density at radius 1 is 1.67 bits per heavy atom. The zero-order chi connectivity index (χ0) is 11.5. The predicted octanol–water partition coefficient (Wildman–Crippen LogP) is 1.44. The summed E-state index contributed by atoms with van der Waals surface area (Å²) >= 11 is 0. The monoisotopic (exact) mass is 235 g/mol. The van der Waals surface area contributed by atoms with Crippen LogP contribution in [-0.2, 0) is 13.9 Å². The molecule has 0 radical (unpaired) electrons. The molecule has 0 saturated carbocycles. The quantitative estimate of drug-likeness (QED) is 0.730. The number of aliphatic carboxylic acids is 1. The fourth-order valence-corrected chi connectivity index (χ4v) is 3.55. The van der Waals surface area contributed by atoms with E-state index in [4.69, 9.17) is 9.63 Å². The van der Waals surface area contributed by atoms with E-state index < -0.39 is 19.4 Å². The second-order valence-electron chi connectivity index (χ2n) is 3.88. The fraction of sp³-hybridized carbons (Fsp3) is 0.889. The molecular weight excluding hydrogens is 217 g/mol. The van der Waals surface area contributed by atoms with Crippen molar-refractivity contribution in [3.05, 3.63) is 0 Å². The van der Waals surface area contributed by atoms with Gasteiger partial charge in [-0.3, -0.25) is 14.3 Å². The van der Waals surface area contributed by atoms with Gasteiger partial charge in [0.2, 0.25) is 7.37 Å². The fourth-order valence-electron chi connectivity index (χ4n) is 1.92. The van der Waals surface area contributed by atoms with Crippen molar-refractivity contribution >= 4 is 13.3 Å². The summed E-state index contributed by atoms with van der Waals surface area (Å²) in [6.07, 6.45) is 1.74. The lowest BCUT2D eigenvalue weighted by molar-refractivity contribution is -0.141. The predicted molar refractivity (Wildman–Crippen MR) is 57.4 cm³/mol. The number of carbonyl (C=O) groups is 1. The Labute approximate surface area is 89.9 Å². The standard InChI is InChI=1S/C9H18NO4P/c1-3-14-15(2,13)7-10-6-4-5-8(10)9(11)12/h8H,3-7H2,1-2H3,(H,11,12). The first-order valence-corrected chi connectivity index (χ1v) is 7.40. The number of carboxylic acid groups (broad SMARTS) is 1. The Morgan fingerprint density at radius 2 is 2.33 bits per heavy atom. The van der Waals surface area contributed by atoms with E-state index in [1.165, 1.54) is 0 Å². The Morgan fingerprint density at radius 3 is 2.87 bits per heavy atom. The molecule has 15 heavy (non-hydrogen) atoms. The molecule has 1 rings (SSSR count). The zero-order valence-corrected chi connectivity index (χ0v) is 10.1. The molecule has 6 heteroatoms. The van der Waals surface area contributed by atoms with Crippen LogP contribution in [0.4, 0.5) is 0 Å². The van der Waals surface area contributed by atoms with Crippen molar-refractivity contribution in [2.45, 2.75) is 25.8 Å². The lowest BCUT2D eigenvalue weighted by Gasteiger charge is -2.24. The van der Waals surface area contributed by atoms with Crippen molar-refractivity contribution in [1.82, 2.24) is 4.90 Å². The van der Waals surface area contributed by atoms with E-state index in [1.54, 1.807) is 18.5 Å². The summed E-state index contributed by atoms with van der Waals surface area (Å²) in [7, 11) is -2.66. The van der Waals surface area contributed by atoms with Gasteiger partial charge in [0.05, 0.1) is 12.9 Å². The van der Waals surface area contributed by atoms with E-state index in [9.17, 15) is 9.36 Å². The van der Waals surface area contributed by atoms with Gasteiger partial charge in [-0.25, -0.2) is 0 Å². The van der Waals surface area contributed by atoms with E-state index in [0.29, 0.717) is 19.6 Å². The Balaban J connectivity index is 2.57. The van der Waals surface area contributed by atoms with Gasteiger partial charge < -0.3 is 9.63 Å². The molecule has 1 fully saturated rings. The summed E-state index contributed by atoms with van der Waals surface area (Å²) < 4.78 is 17.0. The number of carboxylic acids is 1. The van der Waals surface area contributed by atoms with E-state index in [2.05, 4.69) is 0 Å². The molecule has 2 unspecified atom stereocenters. The van der Waals surface area contributed by atoms with Crippen LogP contribution in [0, 0.1) is 0 Å². The maximum Gasteiger partial charge on any atom is 0.320 e. The molecule has 1 aliphatic rings. The minimum absolute atomic E-state index is 0.248. The molecule has 5 nitrogen and oxygen atoms in total. The minimum atomic E-state index is -2.66. The Hall–Kier alpha value is -0.380. The maximum atomic E-state index is 11.9. The molecule has 0 aromatic carbocycles. The number of rotatable bonds is 5. The summed E-state index contributed by atoms with van der Waals surface area (Å²) in [6.45, 7) is 4.45. The van der Waals surface area contributed by atoms with Crippen molar-refractivity contribution in [1.29, 1.82) is 0 Å². The highest BCUT2D eigenvalue weighted by Gasteiger charge is 2.34. The lowest BCUT2D eigenvalue weighted by atomic mass is 10.2. The van der Waals surface area contributed by atoms with E-state index in [0.717, 1.165) is 6.42 Å². The van der Waals surface area contributed by atoms with Crippen LogP contribution in [0.5, 0.6) is 0 Å². The number of hydrogen-bond donors (Lipinski definition) is 1. The second-order valence-corrected chi connectivity index (χ2v) is 6.45. The van der Waals surface area contributed by atoms with Crippen LogP contribution in [0.15, 0.2) is 0 Å². The summed E-state index contributed by atoms with van der Waals surface area (Å²) in [5, 5.41) is 8.94. The van der Waals surface area contributed by atoms with Crippen LogP contribution in [0.25, 0.3) is 0 Å². The number of nitrogens with zero attached hydrogens (tertiary/aromatic N) is 1. The van der Waals surface area contributed by atoms with Gasteiger partial charge >= 0.3 is 5.97 Å². The van der Waals surface area contributed by atoms with Crippen molar-refractivity contribution < 1.29 is 19.0 Å². The largest absolute Gasteiger partial charge is 0.480 e. The highest BCUT2D eigenvalue weighted by atomic mass is 31.2. The van der Waals surface area contributed by atoms with Gasteiger partial charge in [-0.2, -0.15) is 0 Å². The second kappa shape index (κ2) is 5.10. The number of hydrogen-bond acceptors (Lipinski definition) is 4. The first-order valence-electron chi connectivity index (χ1n) is 5.14. The highest BCUT2D eigenvalue weighted by Crippen LogP contribution is 2.44. The molecular formula is C9H18NO4P. The van der Waals surface area contributed by atoms with Crippen LogP contribution in [0.1, 0.15) is 19.8 Å². The van der Waals surface area contributed by atoms with Crippen molar-refractivity contribution in [2.24, 2.45) is 0 Å². The maximum absolute atomic E-state index is 11.9. The molecule has 88 valence electrons. The van der Waals surface area contributed by atoms with Crippen molar-refractivity contribution in [3.8, 4) is 0 Å². The molecule has 0 aromatic heterocycles. The SMILES string of the molecule is CCOP(C)(=O)CN1CCCC1C(=O)O. The van der Waals surface area contributed by atoms with Crippen LogP contribution >= 0.6 is 7.37 Å². The average molecular weight is 235 g/mol. The average Bonchev–Trinajstić information content (AvgIpc) is 2.50. The van der Waals surface area contributed by atoms with E-state index in [1.807, 2.05) is 0 Å². The lowest BCUT2D eigenvalue weighted by Crippen LogP contribution is -2.36. The molecule has 0 spiro atoms. The normalized spacial score (nSPS) is 26.4. The van der Waals surface area contributed by atoms with Gasteiger partial charge in [-0.1, -0.05) is 0 Å². The summed E-state index contributed by atoms with van der Waals surface area (Å²) in [6, 6.07) is -0.487. The molecule has 0 aliphatic carbocycles. The summed E-state index contributed by atoms with van der Waals surface area (Å²) in [4.78, 5) is 12.6. The Bertz CT molecular complexity index is 281. The zero-order valence-electron chi connectivity index (χ0n) is 9.18. The molecule has 0 amide bonds. The van der Waals surface area contributed by atoms with Gasteiger partial charge in [0, 0.05) is 6.66 Å². The Kier molecular flexibility index (Phi) is 4.32. The molecule has 1 saturated heterocycles. The molecule has 1 heterocycles. The van der Waals surface area contributed by atoms with Gasteiger partial charge in [-0.15, -0.1) is 0 Å². The minimum Gasteiger partial charge on any atom is -0.480 e. The molecule has 0 bridgehead atoms. The highest BCUT2D eigenvalue weighted by molar-refractivity contribution is 7.58. The van der Waals surface area contributed by atoms with Gasteiger partial charge in [0.25, 0.3) is 0 Å². The smallest absolute Gasteiger partial charge is 0.320 e. The van der Waals surface area contributed by atoms with Crippen LogP contribution in [0.2, 0.25) is 0 Å². The van der Waals surface area contributed by atoms with Crippen molar-refractivity contribution in [2.75, 3.05) is 26.1 Å². The third-order valence-corrected chi connectivity index (χ3v) is 4.17. The third kappa shape index (κ3) is 3.59. The summed E-state index contributed by atoms with van der Waals surface area (Å²) in [5.41, 5.74) is 0. The third-order valence-electron chi connectivity index (χ3n) is 2.49. The topological polar surface area (TPSA) is 66.8 Å². The van der Waals surface area contributed by atoms with E-state index >= 15 is 0 Å². The van der Waals surface area contributed by atoms with Crippen LogP contribution in [0.3, 0.4) is 0 Å². The van der Waals surface area contributed by atoms with Gasteiger partial charge in [0.1, 0.15) is 6.04 Å². The van der Waals surface area contributed by atoms with Gasteiger partial charge in [0.15, 0.2) is 0 Å². The summed E-state index contributed by atoms with van der Waals surface area (Å²) in [5.74, 6) is -0.830. The molecule has 1 aliphatic heterocycles. The molecule has 2 atom stereocenters. The first kappa shape index (κ1) is 12.7. The van der Waals surface area contributed by atoms with Gasteiger partial charge in [-0.05, 0) is 26.3 Å². The van der Waals surface area contributed by atoms with Crippen LogP contribution in [-0.4, -0.2) is 48.1 Å².